The summed E-state index contributed by atoms with van der Waals surface area (Å²) in [6.07, 6.45) is 1.89. The number of fused-ring (bicyclic) bond motifs is 2. The summed E-state index contributed by atoms with van der Waals surface area (Å²) in [6.45, 7) is -0.00397. The van der Waals surface area contributed by atoms with E-state index in [1.165, 1.54) is 0 Å². The molecule has 1 aliphatic heterocycles. The molecule has 138 valence electrons. The van der Waals surface area contributed by atoms with Crippen molar-refractivity contribution in [1.29, 1.82) is 0 Å². The van der Waals surface area contributed by atoms with Gasteiger partial charge in [0.1, 0.15) is 0 Å². The van der Waals surface area contributed by atoms with E-state index in [-0.39, 0.29) is 18.3 Å². The summed E-state index contributed by atoms with van der Waals surface area (Å²) in [6, 6.07) is 15.4. The van der Waals surface area contributed by atoms with Gasteiger partial charge in [0, 0.05) is 34.0 Å². The molecule has 5 rings (SSSR count). The van der Waals surface area contributed by atoms with Crippen LogP contribution in [0.2, 0.25) is 0 Å². The van der Waals surface area contributed by atoms with Crippen molar-refractivity contribution in [2.45, 2.75) is 12.6 Å². The Morgan fingerprint density at radius 1 is 1.11 bits per heavy atom. The number of anilines is 1. The molecule has 0 bridgehead atoms. The standard InChI is InChI=1S/C21H17N5O2/c22-20(28)19-16-13-3-1-2-4-15(13)24-18(12-7-5-11(10-27)6-8-12)14-9-23-21(17(14)16)26-25-19/h1-9,18,24,27H,10H2,(H2,22,28)(H,23,26). The van der Waals surface area contributed by atoms with E-state index in [1.54, 1.807) is 0 Å². The molecule has 1 amide bonds. The molecule has 0 saturated carbocycles. The zero-order valence-corrected chi connectivity index (χ0v) is 14.8. The summed E-state index contributed by atoms with van der Waals surface area (Å²) in [5.74, 6) is -0.614. The Labute approximate surface area is 160 Å². The zero-order chi connectivity index (χ0) is 19.3. The molecular weight excluding hydrogens is 354 g/mol. The van der Waals surface area contributed by atoms with Gasteiger partial charge in [-0.15, -0.1) is 10.2 Å². The average Bonchev–Trinajstić information content (AvgIpc) is 3.09. The van der Waals surface area contributed by atoms with Crippen molar-refractivity contribution in [3.05, 3.63) is 77.1 Å². The zero-order valence-electron chi connectivity index (χ0n) is 14.8. The van der Waals surface area contributed by atoms with Crippen molar-refractivity contribution in [3.8, 4) is 11.1 Å². The van der Waals surface area contributed by atoms with Crippen LogP contribution in [0.3, 0.4) is 0 Å². The summed E-state index contributed by atoms with van der Waals surface area (Å²) in [5.41, 5.74) is 11.6. The monoisotopic (exact) mass is 371 g/mol. The van der Waals surface area contributed by atoms with Crippen LogP contribution in [0.15, 0.2) is 54.7 Å². The number of nitrogens with two attached hydrogens (primary N) is 1. The first-order valence-corrected chi connectivity index (χ1v) is 8.90. The Hall–Kier alpha value is -3.71. The third kappa shape index (κ3) is 2.37. The van der Waals surface area contributed by atoms with Crippen LogP contribution in [0.4, 0.5) is 5.69 Å². The fourth-order valence-electron chi connectivity index (χ4n) is 3.84. The molecule has 28 heavy (non-hydrogen) atoms. The predicted octanol–water partition coefficient (Wildman–Crippen LogP) is 2.73. The second-order valence-corrected chi connectivity index (χ2v) is 6.78. The Balaban J connectivity index is 1.83. The van der Waals surface area contributed by atoms with E-state index >= 15 is 0 Å². The minimum absolute atomic E-state index is 0.00397. The lowest BCUT2D eigenvalue weighted by Crippen LogP contribution is -2.15. The van der Waals surface area contributed by atoms with Gasteiger partial charge < -0.3 is 21.1 Å². The maximum atomic E-state index is 12.1. The van der Waals surface area contributed by atoms with E-state index < -0.39 is 5.91 Å². The van der Waals surface area contributed by atoms with E-state index in [0.717, 1.165) is 33.3 Å². The van der Waals surface area contributed by atoms with E-state index in [9.17, 15) is 9.90 Å². The molecule has 2 aromatic heterocycles. The molecule has 7 heteroatoms. The van der Waals surface area contributed by atoms with Crippen LogP contribution in [0.5, 0.6) is 0 Å². The Bertz CT molecular complexity index is 1210. The molecule has 1 aliphatic rings. The van der Waals surface area contributed by atoms with E-state index in [4.69, 9.17) is 5.73 Å². The molecule has 5 N–H and O–H groups in total. The van der Waals surface area contributed by atoms with E-state index in [1.807, 2.05) is 54.7 Å². The Kier molecular flexibility index (Phi) is 3.63. The molecule has 2 aromatic carbocycles. The second-order valence-electron chi connectivity index (χ2n) is 6.78. The van der Waals surface area contributed by atoms with Crippen LogP contribution in [-0.4, -0.2) is 26.2 Å². The van der Waals surface area contributed by atoms with Crippen LogP contribution in [0, 0.1) is 0 Å². The lowest BCUT2D eigenvalue weighted by atomic mass is 9.95. The number of rotatable bonds is 3. The number of hydrogen-bond donors (Lipinski definition) is 4. The first-order chi connectivity index (χ1) is 13.7. The van der Waals surface area contributed by atoms with Crippen molar-refractivity contribution in [3.63, 3.8) is 0 Å². The van der Waals surface area contributed by atoms with Crippen LogP contribution in [-0.2, 0) is 6.61 Å². The minimum atomic E-state index is -0.614. The fourth-order valence-corrected chi connectivity index (χ4v) is 3.84. The summed E-state index contributed by atoms with van der Waals surface area (Å²) in [4.78, 5) is 15.3. The molecule has 0 spiro atoms. The number of aromatic nitrogens is 3. The third-order valence-corrected chi connectivity index (χ3v) is 5.16. The first-order valence-electron chi connectivity index (χ1n) is 8.90. The first kappa shape index (κ1) is 16.5. The van der Waals surface area contributed by atoms with Crippen molar-refractivity contribution >= 4 is 22.6 Å². The second kappa shape index (κ2) is 6.17. The largest absolute Gasteiger partial charge is 0.392 e. The van der Waals surface area contributed by atoms with Crippen LogP contribution in [0.1, 0.15) is 33.2 Å². The van der Waals surface area contributed by atoms with Gasteiger partial charge in [0.15, 0.2) is 11.3 Å². The van der Waals surface area contributed by atoms with Gasteiger partial charge in [-0.2, -0.15) is 0 Å². The lowest BCUT2D eigenvalue weighted by molar-refractivity contribution is 0.0995. The number of carbonyl (C=O) groups is 1. The highest BCUT2D eigenvalue weighted by molar-refractivity contribution is 6.10. The number of nitrogens with zero attached hydrogens (tertiary/aromatic N) is 2. The number of aromatic amines is 1. The summed E-state index contributed by atoms with van der Waals surface area (Å²) >= 11 is 0. The normalized spacial score (nSPS) is 15.0. The number of benzene rings is 2. The van der Waals surface area contributed by atoms with E-state index in [2.05, 4.69) is 20.5 Å². The van der Waals surface area contributed by atoms with Crippen LogP contribution >= 0.6 is 0 Å². The van der Waals surface area contributed by atoms with Gasteiger partial charge in [-0.3, -0.25) is 4.79 Å². The molecule has 7 nitrogen and oxygen atoms in total. The van der Waals surface area contributed by atoms with Crippen molar-refractivity contribution in [1.82, 2.24) is 15.2 Å². The number of nitrogens with one attached hydrogen (secondary N) is 2. The van der Waals surface area contributed by atoms with Gasteiger partial charge >= 0.3 is 0 Å². The molecule has 0 aliphatic carbocycles. The van der Waals surface area contributed by atoms with Gasteiger partial charge in [0.25, 0.3) is 5.91 Å². The predicted molar refractivity (Wildman–Crippen MR) is 106 cm³/mol. The minimum Gasteiger partial charge on any atom is -0.392 e. The summed E-state index contributed by atoms with van der Waals surface area (Å²) < 4.78 is 0. The summed E-state index contributed by atoms with van der Waals surface area (Å²) in [7, 11) is 0. The van der Waals surface area contributed by atoms with Gasteiger partial charge in [0.2, 0.25) is 0 Å². The molecule has 3 heterocycles. The molecule has 0 radical (unpaired) electrons. The molecule has 0 saturated heterocycles. The van der Waals surface area contributed by atoms with Gasteiger partial charge in [-0.25, -0.2) is 0 Å². The van der Waals surface area contributed by atoms with Gasteiger partial charge in [0.05, 0.1) is 12.6 Å². The summed E-state index contributed by atoms with van der Waals surface area (Å²) in [5, 5.41) is 22.0. The maximum Gasteiger partial charge on any atom is 0.269 e. The van der Waals surface area contributed by atoms with Crippen molar-refractivity contribution in [2.24, 2.45) is 5.73 Å². The van der Waals surface area contributed by atoms with Crippen molar-refractivity contribution < 1.29 is 9.90 Å². The smallest absolute Gasteiger partial charge is 0.269 e. The van der Waals surface area contributed by atoms with Gasteiger partial charge in [-0.1, -0.05) is 42.5 Å². The fraction of sp³-hybridized carbons (Fsp3) is 0.0952. The SMILES string of the molecule is NC(=O)c1nnc2[nH]cc3c2c1-c1ccccc1NC3c1ccc(CO)cc1. The average molecular weight is 371 g/mol. The number of aliphatic hydroxyl groups is 1. The number of para-hydroxylation sites is 1. The molecule has 1 atom stereocenters. The number of aliphatic hydroxyl groups excluding tert-OH is 1. The molecule has 4 aromatic rings. The van der Waals surface area contributed by atoms with Crippen LogP contribution in [0.25, 0.3) is 22.2 Å². The third-order valence-electron chi connectivity index (χ3n) is 5.16. The maximum absolute atomic E-state index is 12.1. The van der Waals surface area contributed by atoms with Gasteiger partial charge in [-0.05, 0) is 17.2 Å². The number of hydrogen-bond acceptors (Lipinski definition) is 5. The number of carbonyl (C=O) groups excluding carboxylic acids is 1. The molecular formula is C21H17N5O2. The lowest BCUT2D eigenvalue weighted by Gasteiger charge is -2.19. The topological polar surface area (TPSA) is 117 Å². The quantitative estimate of drug-likeness (QED) is 0.442. The molecule has 1 unspecified atom stereocenters. The number of primary amides is 1. The number of amides is 1. The van der Waals surface area contributed by atoms with E-state index in [0.29, 0.717) is 11.2 Å². The highest BCUT2D eigenvalue weighted by atomic mass is 16.3. The molecule has 0 fully saturated rings. The Morgan fingerprint density at radius 3 is 2.64 bits per heavy atom. The number of H-pyrrole nitrogens is 1. The Morgan fingerprint density at radius 2 is 1.89 bits per heavy atom. The highest BCUT2D eigenvalue weighted by Gasteiger charge is 2.29. The van der Waals surface area contributed by atoms with Crippen LogP contribution < -0.4 is 11.1 Å². The highest BCUT2D eigenvalue weighted by Crippen LogP contribution is 2.44. The van der Waals surface area contributed by atoms with Crippen molar-refractivity contribution in [2.75, 3.05) is 5.32 Å².